The Bertz CT molecular complexity index is 409. The lowest BCUT2D eigenvalue weighted by molar-refractivity contribution is -0.154. The molecule has 0 bridgehead atoms. The largest absolute Gasteiger partial charge is 0.460 e. The molecule has 0 fully saturated rings. The second kappa shape index (κ2) is 6.85. The normalized spacial score (nSPS) is 12.9. The molecule has 0 radical (unpaired) electrons. The van der Waals surface area contributed by atoms with Crippen LogP contribution < -0.4 is 5.32 Å². The first-order valence-electron chi connectivity index (χ1n) is 6.38. The molecule has 19 heavy (non-hydrogen) atoms. The maximum atomic E-state index is 11.7. The molecule has 1 aromatic rings. The van der Waals surface area contributed by atoms with E-state index in [1.54, 1.807) is 11.8 Å². The van der Waals surface area contributed by atoms with Crippen molar-refractivity contribution in [3.8, 4) is 0 Å². The Morgan fingerprint density at radius 2 is 1.89 bits per heavy atom. The number of carbonyl (C=O) groups excluding carboxylic acids is 1. The number of nitrogens with one attached hydrogen (secondary N) is 1. The summed E-state index contributed by atoms with van der Waals surface area (Å²) in [6.07, 6.45) is 2.07. The summed E-state index contributed by atoms with van der Waals surface area (Å²) in [6, 6.07) is 7.97. The molecule has 1 aromatic carbocycles. The van der Waals surface area contributed by atoms with Gasteiger partial charge >= 0.3 is 5.97 Å². The topological polar surface area (TPSA) is 38.3 Å². The van der Waals surface area contributed by atoms with Crippen LogP contribution in [-0.2, 0) is 16.1 Å². The van der Waals surface area contributed by atoms with Gasteiger partial charge in [-0.05, 0) is 51.6 Å². The highest BCUT2D eigenvalue weighted by molar-refractivity contribution is 7.99. The zero-order valence-corrected chi connectivity index (χ0v) is 13.1. The number of hydrogen-bond acceptors (Lipinski definition) is 4. The van der Waals surface area contributed by atoms with Gasteiger partial charge in [0.05, 0.1) is 10.8 Å². The highest BCUT2D eigenvalue weighted by Gasteiger charge is 2.22. The minimum atomic E-state index is -0.449. The maximum Gasteiger partial charge on any atom is 0.311 e. The molecule has 0 saturated heterocycles. The van der Waals surface area contributed by atoms with Crippen molar-refractivity contribution in [1.82, 2.24) is 0 Å². The highest BCUT2D eigenvalue weighted by Crippen LogP contribution is 2.18. The Balaban J connectivity index is 2.51. The summed E-state index contributed by atoms with van der Waals surface area (Å²) in [5.41, 5.74) is 1.63. The number of thioether (sulfide) groups is 1. The third-order valence-corrected chi connectivity index (χ3v) is 3.48. The third-order valence-electron chi connectivity index (χ3n) is 2.66. The minimum Gasteiger partial charge on any atom is -0.460 e. The Labute approximate surface area is 120 Å². The van der Waals surface area contributed by atoms with Crippen molar-refractivity contribution in [3.05, 3.63) is 29.8 Å². The molecule has 3 nitrogen and oxygen atoms in total. The van der Waals surface area contributed by atoms with Gasteiger partial charge in [0.25, 0.3) is 0 Å². The highest BCUT2D eigenvalue weighted by atomic mass is 32.2. The number of rotatable bonds is 5. The van der Waals surface area contributed by atoms with E-state index >= 15 is 0 Å². The van der Waals surface area contributed by atoms with Gasteiger partial charge in [0, 0.05) is 5.69 Å². The second-order valence-electron chi connectivity index (χ2n) is 5.55. The monoisotopic (exact) mass is 281 g/mol. The zero-order chi connectivity index (χ0) is 14.5. The molecule has 0 aliphatic rings. The van der Waals surface area contributed by atoms with E-state index in [4.69, 9.17) is 4.74 Å². The molecule has 0 spiro atoms. The predicted molar refractivity (Wildman–Crippen MR) is 82.3 cm³/mol. The molecule has 1 N–H and O–H groups in total. The Morgan fingerprint density at radius 3 is 2.37 bits per heavy atom. The fourth-order valence-electron chi connectivity index (χ4n) is 1.36. The van der Waals surface area contributed by atoms with E-state index in [1.807, 2.05) is 45.0 Å². The standard InChI is InChI=1S/C15H23NO2S/c1-11(19-5)16-13-8-6-12(7-9-13)10-18-14(17)15(2,3)4/h6-9,11,16H,10H2,1-5H3. The number of hydrogen-bond donors (Lipinski definition) is 1. The lowest BCUT2D eigenvalue weighted by Crippen LogP contribution is -2.22. The van der Waals surface area contributed by atoms with Gasteiger partial charge in [-0.2, -0.15) is 0 Å². The van der Waals surface area contributed by atoms with Crippen LogP contribution in [-0.4, -0.2) is 17.6 Å². The van der Waals surface area contributed by atoms with Gasteiger partial charge < -0.3 is 10.1 Å². The average molecular weight is 281 g/mol. The molecular formula is C15H23NO2S. The van der Waals surface area contributed by atoms with Crippen LogP contribution in [0.2, 0.25) is 0 Å². The van der Waals surface area contributed by atoms with Crippen molar-refractivity contribution < 1.29 is 9.53 Å². The van der Waals surface area contributed by atoms with Crippen molar-refractivity contribution in [3.63, 3.8) is 0 Å². The maximum absolute atomic E-state index is 11.7. The van der Waals surface area contributed by atoms with Crippen LogP contribution in [0.5, 0.6) is 0 Å². The minimum absolute atomic E-state index is 0.175. The number of carbonyl (C=O) groups is 1. The predicted octanol–water partition coefficient (Wildman–Crippen LogP) is 3.90. The number of esters is 1. The molecule has 1 unspecified atom stereocenters. The van der Waals surface area contributed by atoms with Crippen molar-refractivity contribution in [2.24, 2.45) is 5.41 Å². The molecule has 0 aromatic heterocycles. The van der Waals surface area contributed by atoms with Crippen molar-refractivity contribution in [2.45, 2.75) is 39.7 Å². The SMILES string of the molecule is CSC(C)Nc1ccc(COC(=O)C(C)(C)C)cc1. The molecule has 4 heteroatoms. The molecule has 0 aliphatic carbocycles. The van der Waals surface area contributed by atoms with Gasteiger partial charge in [0.1, 0.15) is 6.61 Å². The van der Waals surface area contributed by atoms with Gasteiger partial charge in [0.15, 0.2) is 0 Å². The Morgan fingerprint density at radius 1 is 1.32 bits per heavy atom. The molecule has 0 aliphatic heterocycles. The first-order chi connectivity index (χ1) is 8.82. The molecule has 106 valence electrons. The number of anilines is 1. The van der Waals surface area contributed by atoms with Gasteiger partial charge in [-0.1, -0.05) is 12.1 Å². The fraction of sp³-hybridized carbons (Fsp3) is 0.533. The van der Waals surface area contributed by atoms with Crippen LogP contribution in [0.4, 0.5) is 5.69 Å². The Hall–Kier alpha value is -1.16. The Kier molecular flexibility index (Phi) is 5.73. The first kappa shape index (κ1) is 15.9. The molecule has 1 atom stereocenters. The lowest BCUT2D eigenvalue weighted by atomic mass is 9.97. The van der Waals surface area contributed by atoms with Crippen molar-refractivity contribution >= 4 is 23.4 Å². The lowest BCUT2D eigenvalue weighted by Gasteiger charge is -2.17. The number of benzene rings is 1. The van der Waals surface area contributed by atoms with Crippen molar-refractivity contribution in [1.29, 1.82) is 0 Å². The summed E-state index contributed by atoms with van der Waals surface area (Å²) >= 11 is 1.76. The summed E-state index contributed by atoms with van der Waals surface area (Å²) in [5.74, 6) is -0.175. The van der Waals surface area contributed by atoms with Crippen LogP contribution in [0.25, 0.3) is 0 Å². The third kappa shape index (κ3) is 5.55. The van der Waals surface area contributed by atoms with Gasteiger partial charge in [-0.25, -0.2) is 0 Å². The molecular weight excluding hydrogens is 258 g/mol. The van der Waals surface area contributed by atoms with E-state index < -0.39 is 5.41 Å². The zero-order valence-electron chi connectivity index (χ0n) is 12.3. The van der Waals surface area contributed by atoms with Crippen LogP contribution in [0.15, 0.2) is 24.3 Å². The van der Waals surface area contributed by atoms with Crippen LogP contribution in [0, 0.1) is 5.41 Å². The van der Waals surface area contributed by atoms with E-state index in [1.165, 1.54) is 0 Å². The smallest absolute Gasteiger partial charge is 0.311 e. The summed E-state index contributed by atoms with van der Waals surface area (Å²) < 4.78 is 5.27. The van der Waals surface area contributed by atoms with E-state index in [2.05, 4.69) is 18.5 Å². The summed E-state index contributed by atoms with van der Waals surface area (Å²) in [6.45, 7) is 8.00. The quantitative estimate of drug-likeness (QED) is 0.656. The van der Waals surface area contributed by atoms with E-state index in [9.17, 15) is 4.79 Å². The fourth-order valence-corrected chi connectivity index (χ4v) is 1.61. The van der Waals surface area contributed by atoms with Crippen LogP contribution in [0.1, 0.15) is 33.3 Å². The summed E-state index contributed by atoms with van der Waals surface area (Å²) in [4.78, 5) is 11.7. The van der Waals surface area contributed by atoms with Gasteiger partial charge in [0.2, 0.25) is 0 Å². The van der Waals surface area contributed by atoms with E-state index in [-0.39, 0.29) is 5.97 Å². The van der Waals surface area contributed by atoms with E-state index in [0.29, 0.717) is 12.0 Å². The molecule has 0 saturated carbocycles. The molecule has 1 rings (SSSR count). The molecule has 0 amide bonds. The first-order valence-corrected chi connectivity index (χ1v) is 7.67. The van der Waals surface area contributed by atoms with Crippen molar-refractivity contribution in [2.75, 3.05) is 11.6 Å². The summed E-state index contributed by atoms with van der Waals surface area (Å²) in [7, 11) is 0. The van der Waals surface area contributed by atoms with Gasteiger partial charge in [-0.3, -0.25) is 4.79 Å². The second-order valence-corrected chi connectivity index (χ2v) is 6.72. The number of ether oxygens (including phenoxy) is 1. The molecule has 0 heterocycles. The van der Waals surface area contributed by atoms with E-state index in [0.717, 1.165) is 11.3 Å². The average Bonchev–Trinajstić information content (AvgIpc) is 2.36. The van der Waals surface area contributed by atoms with Crippen LogP contribution in [0.3, 0.4) is 0 Å². The van der Waals surface area contributed by atoms with Gasteiger partial charge in [-0.15, -0.1) is 11.8 Å². The summed E-state index contributed by atoms with van der Waals surface area (Å²) in [5, 5.41) is 3.74. The van der Waals surface area contributed by atoms with Crippen LogP contribution >= 0.6 is 11.8 Å².